The molecule has 61 heavy (non-hydrogen) atoms. The molecule has 10 aromatic carbocycles. The van der Waals surface area contributed by atoms with Gasteiger partial charge in [0.15, 0.2) is 0 Å². The smallest absolute Gasteiger partial charge is 0.0619 e. The summed E-state index contributed by atoms with van der Waals surface area (Å²) < 4.78 is 4.80. The Labute approximate surface area is 354 Å². The number of aromatic nitrogens is 2. The van der Waals surface area contributed by atoms with Crippen LogP contribution in [-0.4, -0.2) is 9.13 Å². The molecule has 12 rings (SSSR count). The van der Waals surface area contributed by atoms with Gasteiger partial charge >= 0.3 is 0 Å². The number of hydrogen-bond acceptors (Lipinski definition) is 1. The summed E-state index contributed by atoms with van der Waals surface area (Å²) >= 11 is 0. The molecule has 0 N–H and O–H groups in total. The number of nitrogens with zero attached hydrogens (tertiary/aromatic N) is 3. The van der Waals surface area contributed by atoms with E-state index in [1.165, 1.54) is 71.1 Å². The third-order valence-electron chi connectivity index (χ3n) is 12.3. The van der Waals surface area contributed by atoms with E-state index in [-0.39, 0.29) is 0 Å². The van der Waals surface area contributed by atoms with Crippen LogP contribution in [0.15, 0.2) is 237 Å². The van der Waals surface area contributed by atoms with Gasteiger partial charge in [0.2, 0.25) is 0 Å². The van der Waals surface area contributed by atoms with Gasteiger partial charge in [0.1, 0.15) is 0 Å². The highest BCUT2D eigenvalue weighted by molar-refractivity contribution is 6.14. The van der Waals surface area contributed by atoms with Crippen molar-refractivity contribution in [3.8, 4) is 33.6 Å². The topological polar surface area (TPSA) is 13.1 Å². The third-order valence-corrected chi connectivity index (χ3v) is 12.3. The summed E-state index contributed by atoms with van der Waals surface area (Å²) in [6.45, 7) is 0. The fraction of sp³-hybridized carbons (Fsp3) is 0. The van der Waals surface area contributed by atoms with Crippen LogP contribution in [0.4, 0.5) is 17.1 Å². The first-order valence-electron chi connectivity index (χ1n) is 20.9. The Morgan fingerprint density at radius 1 is 0.279 bits per heavy atom. The van der Waals surface area contributed by atoms with Gasteiger partial charge in [-0.05, 0) is 106 Å². The molecule has 12 aromatic rings. The van der Waals surface area contributed by atoms with Crippen molar-refractivity contribution < 1.29 is 0 Å². The molecule has 0 radical (unpaired) electrons. The molecule has 0 bridgehead atoms. The second kappa shape index (κ2) is 14.3. The van der Waals surface area contributed by atoms with Crippen LogP contribution in [0, 0.1) is 0 Å². The monoisotopic (exact) mass is 777 g/mol. The molecule has 0 unspecified atom stereocenters. The maximum atomic E-state index is 2.42. The van der Waals surface area contributed by atoms with E-state index >= 15 is 0 Å². The SMILES string of the molecule is c1ccc(-n2c3ccccc3c3cccc(-c4cccc(N(c5ccc(-n6c7ccccc7c7ccccc76)cc5)c5cccc(-c6cccc7ccccc67)c5)c4)c32)cc1. The summed E-state index contributed by atoms with van der Waals surface area (Å²) in [5, 5.41) is 7.47. The van der Waals surface area contributed by atoms with Gasteiger partial charge in [-0.25, -0.2) is 0 Å². The summed E-state index contributed by atoms with van der Waals surface area (Å²) in [6.07, 6.45) is 0. The number of para-hydroxylation sites is 5. The second-order valence-electron chi connectivity index (χ2n) is 15.7. The van der Waals surface area contributed by atoms with Crippen LogP contribution in [0.5, 0.6) is 0 Å². The largest absolute Gasteiger partial charge is 0.310 e. The Balaban J connectivity index is 1.05. The normalized spacial score (nSPS) is 11.6. The molecule has 0 aliphatic rings. The Bertz CT molecular complexity index is 3530. The Kier molecular flexibility index (Phi) is 8.17. The van der Waals surface area contributed by atoms with Crippen LogP contribution in [0.25, 0.3) is 88.0 Å². The lowest BCUT2D eigenvalue weighted by Crippen LogP contribution is -2.10. The van der Waals surface area contributed by atoms with Gasteiger partial charge < -0.3 is 14.0 Å². The zero-order valence-corrected chi connectivity index (χ0v) is 33.4. The van der Waals surface area contributed by atoms with Gasteiger partial charge in [-0.1, -0.05) is 158 Å². The highest BCUT2D eigenvalue weighted by Gasteiger charge is 2.20. The molecule has 0 aliphatic carbocycles. The fourth-order valence-corrected chi connectivity index (χ4v) is 9.60. The lowest BCUT2D eigenvalue weighted by molar-refractivity contribution is 1.17. The van der Waals surface area contributed by atoms with Gasteiger partial charge in [-0.15, -0.1) is 0 Å². The maximum absolute atomic E-state index is 2.42. The zero-order chi connectivity index (χ0) is 40.3. The summed E-state index contributed by atoms with van der Waals surface area (Å²) in [7, 11) is 0. The number of anilines is 3. The van der Waals surface area contributed by atoms with E-state index in [4.69, 9.17) is 0 Å². The van der Waals surface area contributed by atoms with Crippen molar-refractivity contribution in [3.63, 3.8) is 0 Å². The molecule has 286 valence electrons. The van der Waals surface area contributed by atoms with Crippen LogP contribution in [-0.2, 0) is 0 Å². The van der Waals surface area contributed by atoms with Gasteiger partial charge in [0.05, 0.1) is 22.1 Å². The minimum absolute atomic E-state index is 1.08. The minimum atomic E-state index is 1.08. The van der Waals surface area contributed by atoms with Crippen molar-refractivity contribution in [3.05, 3.63) is 237 Å². The van der Waals surface area contributed by atoms with Crippen molar-refractivity contribution in [1.29, 1.82) is 0 Å². The molecule has 0 spiro atoms. The molecule has 0 atom stereocenters. The molecule has 3 nitrogen and oxygen atoms in total. The molecule has 0 aliphatic heterocycles. The van der Waals surface area contributed by atoms with Gasteiger partial charge in [0, 0.05) is 55.5 Å². The summed E-state index contributed by atoms with van der Waals surface area (Å²) in [5.74, 6) is 0. The predicted octanol–water partition coefficient (Wildman–Crippen LogP) is 15.8. The Morgan fingerprint density at radius 3 is 1.41 bits per heavy atom. The molecule has 0 amide bonds. The summed E-state index contributed by atoms with van der Waals surface area (Å²) in [6, 6.07) is 85.9. The van der Waals surface area contributed by atoms with Crippen molar-refractivity contribution >= 4 is 71.4 Å². The minimum Gasteiger partial charge on any atom is -0.310 e. The molecule has 0 saturated heterocycles. The van der Waals surface area contributed by atoms with Gasteiger partial charge in [-0.2, -0.15) is 0 Å². The van der Waals surface area contributed by atoms with E-state index in [0.29, 0.717) is 0 Å². The van der Waals surface area contributed by atoms with Crippen LogP contribution in [0.2, 0.25) is 0 Å². The first-order chi connectivity index (χ1) is 30.3. The third kappa shape index (κ3) is 5.74. The maximum Gasteiger partial charge on any atom is 0.0619 e. The van der Waals surface area contributed by atoms with E-state index in [9.17, 15) is 0 Å². The number of rotatable bonds is 7. The predicted molar refractivity (Wildman–Crippen MR) is 258 cm³/mol. The van der Waals surface area contributed by atoms with Gasteiger partial charge in [-0.3, -0.25) is 0 Å². The Hall–Kier alpha value is -8.14. The second-order valence-corrected chi connectivity index (χ2v) is 15.7. The van der Waals surface area contributed by atoms with E-state index < -0.39 is 0 Å². The van der Waals surface area contributed by atoms with Crippen molar-refractivity contribution in [2.45, 2.75) is 0 Å². The quantitative estimate of drug-likeness (QED) is 0.157. The van der Waals surface area contributed by atoms with Crippen molar-refractivity contribution in [2.75, 3.05) is 4.90 Å². The van der Waals surface area contributed by atoms with E-state index in [1.807, 2.05) is 0 Å². The number of benzene rings is 10. The molecular formula is C58H39N3. The highest BCUT2D eigenvalue weighted by Crippen LogP contribution is 2.43. The average molecular weight is 778 g/mol. The van der Waals surface area contributed by atoms with Crippen LogP contribution >= 0.6 is 0 Å². The average Bonchev–Trinajstić information content (AvgIpc) is 3.85. The van der Waals surface area contributed by atoms with E-state index in [1.54, 1.807) is 0 Å². The fourth-order valence-electron chi connectivity index (χ4n) is 9.60. The van der Waals surface area contributed by atoms with E-state index in [0.717, 1.165) is 34.0 Å². The van der Waals surface area contributed by atoms with Crippen LogP contribution in [0.1, 0.15) is 0 Å². The molecule has 2 heterocycles. The van der Waals surface area contributed by atoms with Crippen molar-refractivity contribution in [1.82, 2.24) is 9.13 Å². The first kappa shape index (κ1) is 34.9. The molecular weight excluding hydrogens is 739 g/mol. The lowest BCUT2D eigenvalue weighted by Gasteiger charge is -2.27. The van der Waals surface area contributed by atoms with Crippen molar-refractivity contribution in [2.24, 2.45) is 0 Å². The first-order valence-corrected chi connectivity index (χ1v) is 20.9. The van der Waals surface area contributed by atoms with Gasteiger partial charge in [0.25, 0.3) is 0 Å². The van der Waals surface area contributed by atoms with E-state index in [2.05, 4.69) is 251 Å². The standard InChI is InChI=1S/C58H39N3/c1-2-20-43(21-3-1)61-57-33-11-8-27-53(57)54-30-15-29-50(58(54)61)42-19-13-23-47(39-42)59(46-22-12-18-41(38-46)49-28-14-17-40-16-4-5-24-48(40)49)44-34-36-45(37-35-44)60-55-31-9-6-25-51(55)52-26-7-10-32-56(52)60/h1-39H. The molecule has 2 aromatic heterocycles. The number of hydrogen-bond donors (Lipinski definition) is 0. The highest BCUT2D eigenvalue weighted by atomic mass is 15.1. The van der Waals surface area contributed by atoms with Crippen LogP contribution < -0.4 is 4.90 Å². The molecule has 0 saturated carbocycles. The van der Waals surface area contributed by atoms with Crippen LogP contribution in [0.3, 0.4) is 0 Å². The molecule has 0 fully saturated rings. The summed E-state index contributed by atoms with van der Waals surface area (Å²) in [5.41, 5.74) is 15.0. The zero-order valence-electron chi connectivity index (χ0n) is 33.4. The summed E-state index contributed by atoms with van der Waals surface area (Å²) in [4.78, 5) is 2.40. The lowest BCUT2D eigenvalue weighted by atomic mass is 9.97. The number of fused-ring (bicyclic) bond motifs is 7. The molecule has 3 heteroatoms. The Morgan fingerprint density at radius 2 is 0.738 bits per heavy atom.